The molecule has 25 heavy (non-hydrogen) atoms. The summed E-state index contributed by atoms with van der Waals surface area (Å²) in [5.74, 6) is 0.0442. The third-order valence-corrected chi connectivity index (χ3v) is 5.62. The summed E-state index contributed by atoms with van der Waals surface area (Å²) < 4.78 is 2.52. The SMILES string of the molecule is CCc1ccc(CN(C)Cn2nc(N(C(C)=O)C3CC3)sc2=S)cc1. The molecule has 5 nitrogen and oxygen atoms in total. The van der Waals surface area contributed by atoms with Gasteiger partial charge in [-0.2, -0.15) is 0 Å². The fraction of sp³-hybridized carbons (Fsp3) is 0.500. The minimum atomic E-state index is 0.0442. The topological polar surface area (TPSA) is 41.4 Å². The number of carbonyl (C=O) groups is 1. The highest BCUT2D eigenvalue weighted by Crippen LogP contribution is 2.33. The number of hydrogen-bond donors (Lipinski definition) is 0. The maximum atomic E-state index is 11.9. The Balaban J connectivity index is 1.67. The maximum absolute atomic E-state index is 11.9. The van der Waals surface area contributed by atoms with E-state index in [1.54, 1.807) is 11.8 Å². The fourth-order valence-corrected chi connectivity index (χ4v) is 4.03. The van der Waals surface area contributed by atoms with E-state index in [1.165, 1.54) is 22.5 Å². The van der Waals surface area contributed by atoms with Gasteiger partial charge in [-0.25, -0.2) is 4.68 Å². The minimum absolute atomic E-state index is 0.0442. The molecule has 1 amide bonds. The standard InChI is InChI=1S/C18H24N4OS2/c1-4-14-5-7-15(8-6-14)11-20(3)12-21-18(24)25-17(19-21)22(13(2)23)16-9-10-16/h5-8,16H,4,9-12H2,1-3H3. The van der Waals surface area contributed by atoms with Gasteiger partial charge in [0.25, 0.3) is 0 Å². The number of hydrogen-bond acceptors (Lipinski definition) is 5. The van der Waals surface area contributed by atoms with Crippen molar-refractivity contribution in [2.24, 2.45) is 0 Å². The van der Waals surface area contributed by atoms with Gasteiger partial charge in [0.05, 0.1) is 6.67 Å². The van der Waals surface area contributed by atoms with E-state index < -0.39 is 0 Å². The van der Waals surface area contributed by atoms with E-state index >= 15 is 0 Å². The van der Waals surface area contributed by atoms with Crippen molar-refractivity contribution in [3.8, 4) is 0 Å². The van der Waals surface area contributed by atoms with E-state index in [0.717, 1.165) is 30.9 Å². The van der Waals surface area contributed by atoms with Crippen molar-refractivity contribution in [2.45, 2.75) is 52.4 Å². The summed E-state index contributed by atoms with van der Waals surface area (Å²) in [6.07, 6.45) is 3.17. The Kier molecular flexibility index (Phi) is 5.66. The first kappa shape index (κ1) is 18.2. The molecular formula is C18H24N4OS2. The summed E-state index contributed by atoms with van der Waals surface area (Å²) in [6.45, 7) is 5.20. The second kappa shape index (κ2) is 7.76. The van der Waals surface area contributed by atoms with Gasteiger partial charge in [-0.05, 0) is 49.7 Å². The van der Waals surface area contributed by atoms with Crippen molar-refractivity contribution in [1.29, 1.82) is 0 Å². The Morgan fingerprint density at radius 1 is 1.32 bits per heavy atom. The summed E-state index contributed by atoms with van der Waals surface area (Å²) in [5.41, 5.74) is 2.62. The molecule has 1 aliphatic carbocycles. The summed E-state index contributed by atoms with van der Waals surface area (Å²) in [5, 5.41) is 5.32. The third kappa shape index (κ3) is 4.54. The molecule has 134 valence electrons. The zero-order valence-corrected chi connectivity index (χ0v) is 16.6. The van der Waals surface area contributed by atoms with E-state index in [0.29, 0.717) is 16.7 Å². The van der Waals surface area contributed by atoms with Gasteiger partial charge >= 0.3 is 0 Å². The van der Waals surface area contributed by atoms with Crippen LogP contribution in [-0.4, -0.2) is 33.7 Å². The van der Waals surface area contributed by atoms with Crippen molar-refractivity contribution >= 4 is 34.6 Å². The average Bonchev–Trinajstić information content (AvgIpc) is 3.33. The highest BCUT2D eigenvalue weighted by Gasteiger charge is 2.34. The summed E-state index contributed by atoms with van der Waals surface area (Å²) in [4.78, 5) is 15.9. The van der Waals surface area contributed by atoms with Crippen LogP contribution in [0.3, 0.4) is 0 Å². The zero-order valence-electron chi connectivity index (χ0n) is 14.9. The monoisotopic (exact) mass is 376 g/mol. The fourth-order valence-electron chi connectivity index (χ4n) is 2.83. The van der Waals surface area contributed by atoms with Crippen LogP contribution in [0.25, 0.3) is 0 Å². The first-order valence-electron chi connectivity index (χ1n) is 8.62. The van der Waals surface area contributed by atoms with Crippen LogP contribution in [0, 0.1) is 3.95 Å². The molecule has 1 aromatic heterocycles. The Bertz CT molecular complexity index is 792. The minimum Gasteiger partial charge on any atom is -0.284 e. The highest BCUT2D eigenvalue weighted by molar-refractivity contribution is 7.73. The van der Waals surface area contributed by atoms with Crippen LogP contribution in [0.2, 0.25) is 0 Å². The first-order chi connectivity index (χ1) is 12.0. The smallest absolute Gasteiger partial charge is 0.225 e. The van der Waals surface area contributed by atoms with Crippen molar-refractivity contribution in [3.05, 3.63) is 39.3 Å². The largest absolute Gasteiger partial charge is 0.284 e. The summed E-state index contributed by atoms with van der Waals surface area (Å²) in [6, 6.07) is 9.00. The van der Waals surface area contributed by atoms with Gasteiger partial charge in [0, 0.05) is 19.5 Å². The summed E-state index contributed by atoms with van der Waals surface area (Å²) >= 11 is 6.87. The second-order valence-electron chi connectivity index (χ2n) is 6.60. The van der Waals surface area contributed by atoms with Crippen LogP contribution in [0.1, 0.15) is 37.8 Å². The molecule has 7 heteroatoms. The Morgan fingerprint density at radius 2 is 1.96 bits per heavy atom. The number of benzene rings is 1. The molecule has 1 aliphatic rings. The molecule has 1 fully saturated rings. The van der Waals surface area contributed by atoms with Crippen LogP contribution < -0.4 is 4.90 Å². The van der Waals surface area contributed by atoms with E-state index in [4.69, 9.17) is 12.2 Å². The van der Waals surface area contributed by atoms with E-state index in [2.05, 4.69) is 48.2 Å². The van der Waals surface area contributed by atoms with Gasteiger partial charge in [0.2, 0.25) is 11.0 Å². The lowest BCUT2D eigenvalue weighted by Gasteiger charge is -2.18. The number of carbonyl (C=O) groups excluding carboxylic acids is 1. The number of amides is 1. The average molecular weight is 377 g/mol. The predicted molar refractivity (Wildman–Crippen MR) is 104 cm³/mol. The lowest BCUT2D eigenvalue weighted by molar-refractivity contribution is -0.116. The molecule has 0 bridgehead atoms. The lowest BCUT2D eigenvalue weighted by Crippen LogP contribution is -2.31. The van der Waals surface area contributed by atoms with Gasteiger partial charge in [-0.3, -0.25) is 14.6 Å². The van der Waals surface area contributed by atoms with Crippen molar-refractivity contribution in [3.63, 3.8) is 0 Å². The van der Waals surface area contributed by atoms with E-state index in [-0.39, 0.29) is 5.91 Å². The molecule has 3 rings (SSSR count). The van der Waals surface area contributed by atoms with Gasteiger partial charge in [-0.15, -0.1) is 5.10 Å². The maximum Gasteiger partial charge on any atom is 0.225 e. The molecule has 0 unspecified atom stereocenters. The first-order valence-corrected chi connectivity index (χ1v) is 9.84. The molecule has 1 heterocycles. The van der Waals surface area contributed by atoms with Crippen LogP contribution in [0.15, 0.2) is 24.3 Å². The Labute approximate surface area is 157 Å². The molecule has 0 spiro atoms. The van der Waals surface area contributed by atoms with Gasteiger partial charge in [0.1, 0.15) is 0 Å². The molecular weight excluding hydrogens is 352 g/mol. The van der Waals surface area contributed by atoms with Crippen LogP contribution in [0.4, 0.5) is 5.13 Å². The van der Waals surface area contributed by atoms with Crippen molar-refractivity contribution in [2.75, 3.05) is 11.9 Å². The number of rotatable bonds is 7. The van der Waals surface area contributed by atoms with Crippen LogP contribution in [-0.2, 0) is 24.4 Å². The van der Waals surface area contributed by atoms with E-state index in [9.17, 15) is 4.79 Å². The van der Waals surface area contributed by atoms with Crippen LogP contribution in [0.5, 0.6) is 0 Å². The van der Waals surface area contributed by atoms with Crippen molar-refractivity contribution < 1.29 is 4.79 Å². The Morgan fingerprint density at radius 3 is 2.52 bits per heavy atom. The Hall–Kier alpha value is -1.57. The normalized spacial score (nSPS) is 14.1. The molecule has 0 atom stereocenters. The second-order valence-corrected chi connectivity index (χ2v) is 8.20. The van der Waals surface area contributed by atoms with Gasteiger partial charge in [-0.1, -0.05) is 42.5 Å². The third-order valence-electron chi connectivity index (χ3n) is 4.31. The molecule has 0 saturated heterocycles. The number of aryl methyl sites for hydroxylation is 1. The highest BCUT2D eigenvalue weighted by atomic mass is 32.1. The van der Waals surface area contributed by atoms with Gasteiger partial charge in [0.15, 0.2) is 3.95 Å². The molecule has 0 aliphatic heterocycles. The molecule has 2 aromatic rings. The van der Waals surface area contributed by atoms with Crippen LogP contribution >= 0.6 is 23.6 Å². The molecule has 1 aromatic carbocycles. The lowest BCUT2D eigenvalue weighted by atomic mass is 10.1. The zero-order chi connectivity index (χ0) is 18.0. The van der Waals surface area contributed by atoms with Crippen molar-refractivity contribution in [1.82, 2.24) is 14.7 Å². The summed E-state index contributed by atoms with van der Waals surface area (Å²) in [7, 11) is 2.05. The number of nitrogens with zero attached hydrogens (tertiary/aromatic N) is 4. The molecule has 0 N–H and O–H groups in total. The van der Waals surface area contributed by atoms with Gasteiger partial charge < -0.3 is 0 Å². The number of aromatic nitrogens is 2. The molecule has 1 saturated carbocycles. The molecule has 0 radical (unpaired) electrons. The quantitative estimate of drug-likeness (QED) is 0.689. The predicted octanol–water partition coefficient (Wildman–Crippen LogP) is 3.84. The number of anilines is 1. The van der Waals surface area contributed by atoms with E-state index in [1.807, 2.05) is 4.68 Å².